The molecule has 0 bridgehead atoms. The first-order chi connectivity index (χ1) is 9.72. The maximum Gasteiger partial charge on any atom is 0.251 e. The Hall–Kier alpha value is -2.36. The van der Waals surface area contributed by atoms with Gasteiger partial charge in [-0.3, -0.25) is 4.79 Å². The van der Waals surface area contributed by atoms with Gasteiger partial charge in [-0.05, 0) is 35.7 Å². The summed E-state index contributed by atoms with van der Waals surface area (Å²) in [6.45, 7) is 2.54. The minimum atomic E-state index is -0.0802. The van der Waals surface area contributed by atoms with Crippen molar-refractivity contribution in [2.75, 3.05) is 7.11 Å². The summed E-state index contributed by atoms with van der Waals surface area (Å²) in [5.41, 5.74) is 2.85. The second-order valence-electron chi connectivity index (χ2n) is 4.44. The summed E-state index contributed by atoms with van der Waals surface area (Å²) in [5.74, 6) is 0.465. The first-order valence-electron chi connectivity index (χ1n) is 6.59. The number of nitrogens with zero attached hydrogens (tertiary/aromatic N) is 1. The molecule has 1 aromatic heterocycles. The molecule has 0 unspecified atom stereocenters. The van der Waals surface area contributed by atoms with E-state index in [0.717, 1.165) is 12.0 Å². The van der Waals surface area contributed by atoms with Crippen molar-refractivity contribution in [3.8, 4) is 5.88 Å². The summed E-state index contributed by atoms with van der Waals surface area (Å²) in [5, 5.41) is 2.88. The first-order valence-corrected chi connectivity index (χ1v) is 6.59. The number of hydrogen-bond donors (Lipinski definition) is 1. The molecule has 0 spiro atoms. The highest BCUT2D eigenvalue weighted by Gasteiger charge is 2.05. The summed E-state index contributed by atoms with van der Waals surface area (Å²) in [6, 6.07) is 11.3. The Morgan fingerprint density at radius 1 is 1.20 bits per heavy atom. The van der Waals surface area contributed by atoms with Gasteiger partial charge in [-0.25, -0.2) is 4.98 Å². The lowest BCUT2D eigenvalue weighted by atomic mass is 10.1. The third-order valence-electron chi connectivity index (χ3n) is 3.09. The molecule has 104 valence electrons. The molecule has 0 aliphatic heterocycles. The molecule has 1 aromatic carbocycles. The zero-order valence-corrected chi connectivity index (χ0v) is 11.7. The number of hydrogen-bond acceptors (Lipinski definition) is 3. The van der Waals surface area contributed by atoms with Gasteiger partial charge < -0.3 is 10.1 Å². The van der Waals surface area contributed by atoms with Gasteiger partial charge >= 0.3 is 0 Å². The Bertz CT molecular complexity index is 579. The number of benzene rings is 1. The van der Waals surface area contributed by atoms with E-state index in [1.54, 1.807) is 19.4 Å². The molecule has 0 radical (unpaired) electrons. The van der Waals surface area contributed by atoms with Crippen LogP contribution in [-0.4, -0.2) is 18.0 Å². The summed E-state index contributed by atoms with van der Waals surface area (Å²) >= 11 is 0. The zero-order chi connectivity index (χ0) is 14.4. The number of nitrogens with one attached hydrogen (secondary N) is 1. The molecule has 4 heteroatoms. The van der Waals surface area contributed by atoms with Crippen LogP contribution < -0.4 is 10.1 Å². The minimum Gasteiger partial charge on any atom is -0.481 e. The molecular weight excluding hydrogens is 252 g/mol. The maximum atomic E-state index is 12.0. The SMILES string of the molecule is CCc1ccc(C(=O)NCc2ccnc(OC)c2)cc1. The molecule has 0 saturated heterocycles. The van der Waals surface area contributed by atoms with Crippen LogP contribution in [0.2, 0.25) is 0 Å². The molecule has 0 aliphatic carbocycles. The standard InChI is InChI=1S/C16H18N2O2/c1-3-12-4-6-14(7-5-12)16(19)18-11-13-8-9-17-15(10-13)20-2/h4-10H,3,11H2,1-2H3,(H,18,19). The lowest BCUT2D eigenvalue weighted by Crippen LogP contribution is -2.22. The van der Waals surface area contributed by atoms with Gasteiger partial charge in [0.1, 0.15) is 0 Å². The Morgan fingerprint density at radius 2 is 1.95 bits per heavy atom. The highest BCUT2D eigenvalue weighted by molar-refractivity contribution is 5.94. The zero-order valence-electron chi connectivity index (χ0n) is 11.7. The van der Waals surface area contributed by atoms with Crippen LogP contribution in [0.25, 0.3) is 0 Å². The third kappa shape index (κ3) is 3.57. The van der Waals surface area contributed by atoms with Gasteiger partial charge in [-0.1, -0.05) is 19.1 Å². The fourth-order valence-corrected chi connectivity index (χ4v) is 1.85. The second-order valence-corrected chi connectivity index (χ2v) is 4.44. The molecule has 0 atom stereocenters. The molecule has 2 rings (SSSR count). The number of aryl methyl sites for hydroxylation is 1. The number of carbonyl (C=O) groups excluding carboxylic acids is 1. The molecular formula is C16H18N2O2. The monoisotopic (exact) mass is 270 g/mol. The lowest BCUT2D eigenvalue weighted by Gasteiger charge is -2.07. The van der Waals surface area contributed by atoms with Crippen molar-refractivity contribution >= 4 is 5.91 Å². The van der Waals surface area contributed by atoms with Crippen LogP contribution in [0.15, 0.2) is 42.6 Å². The number of rotatable bonds is 5. The van der Waals surface area contributed by atoms with Crippen LogP contribution in [0.3, 0.4) is 0 Å². The predicted octanol–water partition coefficient (Wildman–Crippen LogP) is 2.58. The van der Waals surface area contributed by atoms with E-state index in [4.69, 9.17) is 4.74 Å². The molecule has 1 amide bonds. The lowest BCUT2D eigenvalue weighted by molar-refractivity contribution is 0.0951. The van der Waals surface area contributed by atoms with Gasteiger partial charge in [0.2, 0.25) is 5.88 Å². The van der Waals surface area contributed by atoms with E-state index in [1.807, 2.05) is 30.3 Å². The highest BCUT2D eigenvalue weighted by Crippen LogP contribution is 2.09. The van der Waals surface area contributed by atoms with E-state index >= 15 is 0 Å². The largest absolute Gasteiger partial charge is 0.481 e. The summed E-state index contributed by atoms with van der Waals surface area (Å²) in [4.78, 5) is 16.0. The number of ether oxygens (including phenoxy) is 1. The van der Waals surface area contributed by atoms with Crippen molar-refractivity contribution < 1.29 is 9.53 Å². The van der Waals surface area contributed by atoms with Crippen molar-refractivity contribution in [2.45, 2.75) is 19.9 Å². The highest BCUT2D eigenvalue weighted by atomic mass is 16.5. The van der Waals surface area contributed by atoms with Gasteiger partial charge in [0.15, 0.2) is 0 Å². The normalized spacial score (nSPS) is 10.1. The van der Waals surface area contributed by atoms with Crippen LogP contribution in [0, 0.1) is 0 Å². The van der Waals surface area contributed by atoms with Gasteiger partial charge in [0, 0.05) is 24.4 Å². The quantitative estimate of drug-likeness (QED) is 0.908. The molecule has 2 aromatic rings. The second kappa shape index (κ2) is 6.70. The van der Waals surface area contributed by atoms with E-state index in [9.17, 15) is 4.79 Å². The summed E-state index contributed by atoms with van der Waals surface area (Å²) < 4.78 is 5.05. The number of carbonyl (C=O) groups is 1. The van der Waals surface area contributed by atoms with E-state index in [0.29, 0.717) is 18.0 Å². The Balaban J connectivity index is 1.97. The average molecular weight is 270 g/mol. The predicted molar refractivity (Wildman–Crippen MR) is 77.8 cm³/mol. The van der Waals surface area contributed by atoms with E-state index in [2.05, 4.69) is 17.2 Å². The smallest absolute Gasteiger partial charge is 0.251 e. The van der Waals surface area contributed by atoms with Crippen molar-refractivity contribution in [1.29, 1.82) is 0 Å². The van der Waals surface area contributed by atoms with E-state index < -0.39 is 0 Å². The molecule has 4 nitrogen and oxygen atoms in total. The molecule has 1 heterocycles. The van der Waals surface area contributed by atoms with Crippen molar-refractivity contribution in [1.82, 2.24) is 10.3 Å². The summed E-state index contributed by atoms with van der Waals surface area (Å²) in [6.07, 6.45) is 2.63. The van der Waals surface area contributed by atoms with E-state index in [1.165, 1.54) is 5.56 Å². The van der Waals surface area contributed by atoms with Gasteiger partial charge in [-0.2, -0.15) is 0 Å². The topological polar surface area (TPSA) is 51.2 Å². The molecule has 0 fully saturated rings. The summed E-state index contributed by atoms with van der Waals surface area (Å²) in [7, 11) is 1.57. The van der Waals surface area contributed by atoms with E-state index in [-0.39, 0.29) is 5.91 Å². The van der Waals surface area contributed by atoms with Crippen LogP contribution in [-0.2, 0) is 13.0 Å². The molecule has 0 aliphatic rings. The van der Waals surface area contributed by atoms with Gasteiger partial charge in [0.25, 0.3) is 5.91 Å². The van der Waals surface area contributed by atoms with Crippen LogP contribution in [0.5, 0.6) is 5.88 Å². The molecule has 0 saturated carbocycles. The average Bonchev–Trinajstić information content (AvgIpc) is 2.53. The van der Waals surface area contributed by atoms with Gasteiger partial charge in [-0.15, -0.1) is 0 Å². The van der Waals surface area contributed by atoms with Crippen molar-refractivity contribution in [3.05, 3.63) is 59.3 Å². The maximum absolute atomic E-state index is 12.0. The Labute approximate surface area is 118 Å². The fraction of sp³-hybridized carbons (Fsp3) is 0.250. The van der Waals surface area contributed by atoms with Crippen LogP contribution in [0.4, 0.5) is 0 Å². The van der Waals surface area contributed by atoms with Gasteiger partial charge in [0.05, 0.1) is 7.11 Å². The van der Waals surface area contributed by atoms with Crippen LogP contribution >= 0.6 is 0 Å². The molecule has 20 heavy (non-hydrogen) atoms. The number of methoxy groups -OCH3 is 1. The van der Waals surface area contributed by atoms with Crippen LogP contribution in [0.1, 0.15) is 28.4 Å². The third-order valence-corrected chi connectivity index (χ3v) is 3.09. The Morgan fingerprint density at radius 3 is 2.60 bits per heavy atom. The number of aromatic nitrogens is 1. The number of amides is 1. The Kier molecular flexibility index (Phi) is 4.71. The number of pyridine rings is 1. The van der Waals surface area contributed by atoms with Crippen molar-refractivity contribution in [2.24, 2.45) is 0 Å². The fourth-order valence-electron chi connectivity index (χ4n) is 1.85. The van der Waals surface area contributed by atoms with Crippen molar-refractivity contribution in [3.63, 3.8) is 0 Å². The first kappa shape index (κ1) is 14.1. The minimum absolute atomic E-state index is 0.0802. The molecule has 1 N–H and O–H groups in total.